The number of para-hydroxylation sites is 1. The number of sulfone groups is 1. The van der Waals surface area contributed by atoms with Gasteiger partial charge in [0.25, 0.3) is 0 Å². The summed E-state index contributed by atoms with van der Waals surface area (Å²) in [7, 11) is -3.24. The molecule has 0 bridgehead atoms. The lowest BCUT2D eigenvalue weighted by atomic mass is 10.0. The predicted octanol–water partition coefficient (Wildman–Crippen LogP) is 4.04. The van der Waals surface area contributed by atoms with Gasteiger partial charge >= 0.3 is 0 Å². The predicted molar refractivity (Wildman–Crippen MR) is 125 cm³/mol. The van der Waals surface area contributed by atoms with E-state index in [1.54, 1.807) is 0 Å². The topological polar surface area (TPSA) is 84.5 Å². The molecule has 0 unspecified atom stereocenters. The van der Waals surface area contributed by atoms with E-state index in [0.717, 1.165) is 35.9 Å². The number of guanidine groups is 1. The zero-order valence-corrected chi connectivity index (χ0v) is 19.5. The summed E-state index contributed by atoms with van der Waals surface area (Å²) in [5.41, 5.74) is 10.3. The van der Waals surface area contributed by atoms with Gasteiger partial charge in [-0.15, -0.1) is 24.0 Å². The van der Waals surface area contributed by atoms with E-state index in [2.05, 4.69) is 24.2 Å². The van der Waals surface area contributed by atoms with Crippen molar-refractivity contribution in [2.75, 3.05) is 11.6 Å². The van der Waals surface area contributed by atoms with Crippen LogP contribution in [0.3, 0.4) is 0 Å². The Kier molecular flexibility index (Phi) is 9.35. The van der Waals surface area contributed by atoms with Gasteiger partial charge in [0.2, 0.25) is 0 Å². The second-order valence-electron chi connectivity index (χ2n) is 6.47. The number of nitrogens with zero attached hydrogens (tertiary/aromatic N) is 1. The van der Waals surface area contributed by atoms with Crippen molar-refractivity contribution in [3.8, 4) is 0 Å². The molecule has 2 aromatic carbocycles. The van der Waals surface area contributed by atoms with Crippen LogP contribution < -0.4 is 11.1 Å². The van der Waals surface area contributed by atoms with Gasteiger partial charge in [0.05, 0.1) is 12.3 Å². The zero-order valence-electron chi connectivity index (χ0n) is 16.3. The van der Waals surface area contributed by atoms with Crippen LogP contribution in [0, 0.1) is 5.82 Å². The van der Waals surface area contributed by atoms with E-state index in [4.69, 9.17) is 5.73 Å². The number of hydrogen-bond donors (Lipinski definition) is 2. The average Bonchev–Trinajstić information content (AvgIpc) is 2.61. The Morgan fingerprint density at radius 2 is 1.68 bits per heavy atom. The molecule has 3 N–H and O–H groups in total. The Hall–Kier alpha value is -1.68. The molecule has 0 aliphatic heterocycles. The number of rotatable bonds is 7. The third-order valence-electron chi connectivity index (χ3n) is 4.26. The fourth-order valence-electron chi connectivity index (χ4n) is 2.91. The van der Waals surface area contributed by atoms with Gasteiger partial charge in [-0.1, -0.05) is 38.1 Å². The Bertz CT molecular complexity index is 924. The van der Waals surface area contributed by atoms with E-state index in [-0.39, 0.29) is 42.2 Å². The van der Waals surface area contributed by atoms with Crippen LogP contribution in [0.15, 0.2) is 41.4 Å². The maximum atomic E-state index is 13.6. The highest BCUT2D eigenvalue weighted by molar-refractivity contribution is 14.0. The van der Waals surface area contributed by atoms with Gasteiger partial charge in [-0.05, 0) is 47.2 Å². The van der Waals surface area contributed by atoms with Crippen LogP contribution in [0.4, 0.5) is 10.1 Å². The van der Waals surface area contributed by atoms with Crippen molar-refractivity contribution in [2.45, 2.75) is 39.0 Å². The van der Waals surface area contributed by atoms with Crippen molar-refractivity contribution in [1.29, 1.82) is 0 Å². The van der Waals surface area contributed by atoms with Gasteiger partial charge in [-0.2, -0.15) is 0 Å². The van der Waals surface area contributed by atoms with Crippen LogP contribution in [0.2, 0.25) is 0 Å². The fraction of sp³-hybridized carbons (Fsp3) is 0.350. The number of halogens is 2. The van der Waals surface area contributed by atoms with Gasteiger partial charge in [0.15, 0.2) is 15.8 Å². The standard InChI is InChI=1S/C20H26FN3O2S.HI/c1-4-14-7-6-8-15(5-2)19(14)24-20(22)23-12-17-11-18(21)10-9-16(17)13-27(3,25)26;/h6-11H,4-5,12-13H2,1-3H3,(H3,22,23,24);1H. The van der Waals surface area contributed by atoms with Crippen LogP contribution in [-0.4, -0.2) is 20.6 Å². The van der Waals surface area contributed by atoms with Crippen LogP contribution in [0.1, 0.15) is 36.1 Å². The molecule has 0 atom stereocenters. The molecule has 2 aromatic rings. The van der Waals surface area contributed by atoms with Crippen LogP contribution >= 0.6 is 24.0 Å². The summed E-state index contributed by atoms with van der Waals surface area (Å²) in [6, 6.07) is 10.1. The smallest absolute Gasteiger partial charge is 0.193 e. The molecule has 0 aliphatic carbocycles. The van der Waals surface area contributed by atoms with Crippen LogP contribution in [-0.2, 0) is 35.0 Å². The summed E-state index contributed by atoms with van der Waals surface area (Å²) in [4.78, 5) is 4.29. The molecule has 0 amide bonds. The first-order chi connectivity index (χ1) is 12.7. The Balaban J connectivity index is 0.00000392. The number of anilines is 1. The lowest BCUT2D eigenvalue weighted by Gasteiger charge is -2.15. The van der Waals surface area contributed by atoms with Crippen molar-refractivity contribution in [3.63, 3.8) is 0 Å². The van der Waals surface area contributed by atoms with E-state index in [1.807, 2.05) is 18.2 Å². The SMILES string of the molecule is CCc1cccc(CC)c1NC(N)=NCc1cc(F)ccc1CS(C)(=O)=O.I. The minimum atomic E-state index is -3.24. The first kappa shape index (κ1) is 24.4. The highest BCUT2D eigenvalue weighted by Gasteiger charge is 2.11. The normalized spacial score (nSPS) is 11.8. The number of benzene rings is 2. The summed E-state index contributed by atoms with van der Waals surface area (Å²) in [6.45, 7) is 4.23. The molecule has 0 heterocycles. The highest BCUT2D eigenvalue weighted by atomic mass is 127. The van der Waals surface area contributed by atoms with E-state index in [1.165, 1.54) is 18.2 Å². The summed E-state index contributed by atoms with van der Waals surface area (Å²) in [5, 5.41) is 3.15. The molecule has 28 heavy (non-hydrogen) atoms. The molecule has 5 nitrogen and oxygen atoms in total. The Labute approximate surface area is 183 Å². The molecule has 2 rings (SSSR count). The minimum Gasteiger partial charge on any atom is -0.370 e. The largest absolute Gasteiger partial charge is 0.370 e. The second-order valence-corrected chi connectivity index (χ2v) is 8.61. The van der Waals surface area contributed by atoms with Crippen LogP contribution in [0.25, 0.3) is 0 Å². The first-order valence-corrected chi connectivity index (χ1v) is 10.9. The van der Waals surface area contributed by atoms with E-state index in [0.29, 0.717) is 11.1 Å². The molecule has 0 aromatic heterocycles. The molecule has 0 radical (unpaired) electrons. The van der Waals surface area contributed by atoms with Gasteiger partial charge in [-0.3, -0.25) is 0 Å². The first-order valence-electron chi connectivity index (χ1n) is 8.86. The van der Waals surface area contributed by atoms with E-state index < -0.39 is 15.7 Å². The van der Waals surface area contributed by atoms with Crippen molar-refractivity contribution in [2.24, 2.45) is 10.7 Å². The summed E-state index contributed by atoms with van der Waals surface area (Å²) < 4.78 is 36.8. The molecular weight excluding hydrogens is 492 g/mol. The quantitative estimate of drug-likeness (QED) is 0.329. The number of hydrogen-bond acceptors (Lipinski definition) is 3. The van der Waals surface area contributed by atoms with Gasteiger partial charge < -0.3 is 11.1 Å². The monoisotopic (exact) mass is 519 g/mol. The molecule has 154 valence electrons. The number of nitrogens with two attached hydrogens (primary N) is 1. The fourth-order valence-corrected chi connectivity index (χ4v) is 3.75. The van der Waals surface area contributed by atoms with Crippen molar-refractivity contribution < 1.29 is 12.8 Å². The number of aliphatic imine (C=N–C) groups is 1. The minimum absolute atomic E-state index is 0. The van der Waals surface area contributed by atoms with Crippen molar-refractivity contribution in [3.05, 3.63) is 64.5 Å². The third-order valence-corrected chi connectivity index (χ3v) is 5.09. The van der Waals surface area contributed by atoms with Crippen molar-refractivity contribution >= 4 is 45.5 Å². The number of nitrogens with one attached hydrogen (secondary N) is 1. The Morgan fingerprint density at radius 1 is 1.07 bits per heavy atom. The molecule has 0 spiro atoms. The van der Waals surface area contributed by atoms with E-state index >= 15 is 0 Å². The highest BCUT2D eigenvalue weighted by Crippen LogP contribution is 2.22. The summed E-state index contributed by atoms with van der Waals surface area (Å²) >= 11 is 0. The molecule has 0 saturated heterocycles. The summed E-state index contributed by atoms with van der Waals surface area (Å²) in [6.07, 6.45) is 2.85. The molecular formula is C20H27FIN3O2S. The van der Waals surface area contributed by atoms with Gasteiger partial charge in [0, 0.05) is 11.9 Å². The zero-order chi connectivity index (χ0) is 20.0. The average molecular weight is 519 g/mol. The van der Waals surface area contributed by atoms with Crippen LogP contribution in [0.5, 0.6) is 0 Å². The van der Waals surface area contributed by atoms with E-state index in [9.17, 15) is 12.8 Å². The Morgan fingerprint density at radius 3 is 2.21 bits per heavy atom. The maximum Gasteiger partial charge on any atom is 0.193 e. The third kappa shape index (κ3) is 7.05. The lowest BCUT2D eigenvalue weighted by Crippen LogP contribution is -2.24. The molecule has 0 aliphatic rings. The van der Waals surface area contributed by atoms with Gasteiger partial charge in [0.1, 0.15) is 5.82 Å². The number of aryl methyl sites for hydroxylation is 2. The van der Waals surface area contributed by atoms with Crippen molar-refractivity contribution in [1.82, 2.24) is 0 Å². The maximum absolute atomic E-state index is 13.6. The second kappa shape index (κ2) is 10.8. The van der Waals surface area contributed by atoms with Gasteiger partial charge in [-0.25, -0.2) is 17.8 Å². The lowest BCUT2D eigenvalue weighted by molar-refractivity contribution is 0.600. The molecule has 8 heteroatoms. The summed E-state index contributed by atoms with van der Waals surface area (Å²) in [5.74, 6) is -0.391. The molecule has 0 saturated carbocycles. The molecule has 0 fully saturated rings.